The molecule has 0 saturated carbocycles. The molecule has 0 bridgehead atoms. The van der Waals surface area contributed by atoms with Gasteiger partial charge in [-0.15, -0.1) is 0 Å². The Bertz CT molecular complexity index is 235. The highest BCUT2D eigenvalue weighted by molar-refractivity contribution is 4.69. The molecule has 0 aliphatic heterocycles. The lowest BCUT2D eigenvalue weighted by Gasteiger charge is -2.25. The van der Waals surface area contributed by atoms with Crippen molar-refractivity contribution >= 4 is 0 Å². The van der Waals surface area contributed by atoms with E-state index in [-0.39, 0.29) is 0 Å². The Balaban J connectivity index is 3.72. The third-order valence-corrected chi connectivity index (χ3v) is 4.01. The van der Waals surface area contributed by atoms with Crippen LogP contribution in [0.4, 0.5) is 0 Å². The Morgan fingerprint density at radius 1 is 0.800 bits per heavy atom. The summed E-state index contributed by atoms with van der Waals surface area (Å²) in [5, 5.41) is 17.3. The van der Waals surface area contributed by atoms with Crippen LogP contribution in [0.1, 0.15) is 86.0 Å². The molecule has 0 radical (unpaired) electrons. The van der Waals surface area contributed by atoms with E-state index in [4.69, 9.17) is 10.5 Å². The summed E-state index contributed by atoms with van der Waals surface area (Å²) in [6, 6.07) is 0. The van der Waals surface area contributed by atoms with Crippen LogP contribution in [0, 0.1) is 11.3 Å². The fourth-order valence-corrected chi connectivity index (χ4v) is 2.45. The Labute approximate surface area is 124 Å². The van der Waals surface area contributed by atoms with Gasteiger partial charge >= 0.3 is 0 Å². The molecule has 0 aromatic rings. The molecule has 0 saturated heterocycles. The Kier molecular flexibility index (Phi) is 9.64. The Hall–Kier alpha value is -0.160. The van der Waals surface area contributed by atoms with Crippen molar-refractivity contribution in [3.05, 3.63) is 0 Å². The second-order valence-electron chi connectivity index (χ2n) is 7.33. The van der Waals surface area contributed by atoms with E-state index in [0.29, 0.717) is 11.8 Å². The summed E-state index contributed by atoms with van der Waals surface area (Å²) in [5.41, 5.74) is 0.402. The lowest BCUT2D eigenvalue weighted by molar-refractivity contribution is -0.482. The fourth-order valence-electron chi connectivity index (χ4n) is 2.45. The highest BCUT2D eigenvalue weighted by atomic mass is 17.2. The lowest BCUT2D eigenvalue weighted by atomic mass is 9.81. The minimum atomic E-state index is -1.28. The van der Waals surface area contributed by atoms with Gasteiger partial charge in [-0.05, 0) is 37.5 Å². The predicted molar refractivity (Wildman–Crippen MR) is 81.4 cm³/mol. The fraction of sp³-hybridized carbons (Fsp3) is 1.00. The molecule has 122 valence electrons. The van der Waals surface area contributed by atoms with Crippen molar-refractivity contribution in [3.8, 4) is 0 Å². The van der Waals surface area contributed by atoms with E-state index in [0.717, 1.165) is 25.2 Å². The lowest BCUT2D eigenvalue weighted by Crippen LogP contribution is -2.29. The molecule has 4 heteroatoms. The first-order chi connectivity index (χ1) is 9.24. The zero-order valence-electron chi connectivity index (χ0n) is 13.9. The molecule has 4 nitrogen and oxygen atoms in total. The molecule has 0 unspecified atom stereocenters. The number of hydrogen-bond acceptors (Lipinski definition) is 4. The average molecular weight is 290 g/mol. The smallest absolute Gasteiger partial charge is 0.230 e. The van der Waals surface area contributed by atoms with Crippen LogP contribution < -0.4 is 0 Å². The molecule has 0 atom stereocenters. The first-order valence-electron chi connectivity index (χ1n) is 7.90. The van der Waals surface area contributed by atoms with E-state index < -0.39 is 5.79 Å². The molecular weight excluding hydrogens is 256 g/mol. The van der Waals surface area contributed by atoms with Gasteiger partial charge in [0.2, 0.25) is 5.79 Å². The molecule has 0 aromatic heterocycles. The summed E-state index contributed by atoms with van der Waals surface area (Å²) < 4.78 is 0. The molecule has 0 amide bonds. The van der Waals surface area contributed by atoms with Gasteiger partial charge in [-0.2, -0.15) is 0 Å². The molecule has 0 rings (SSSR count). The molecule has 0 fully saturated rings. The summed E-state index contributed by atoms with van der Waals surface area (Å²) in [7, 11) is 0. The van der Waals surface area contributed by atoms with E-state index in [9.17, 15) is 0 Å². The van der Waals surface area contributed by atoms with Crippen molar-refractivity contribution in [3.63, 3.8) is 0 Å². The molecular formula is C16H34O4. The molecule has 0 aromatic carbocycles. The zero-order chi connectivity index (χ0) is 15.6. The second kappa shape index (κ2) is 9.72. The Morgan fingerprint density at radius 3 is 1.80 bits per heavy atom. The van der Waals surface area contributed by atoms with Crippen molar-refractivity contribution in [2.24, 2.45) is 11.3 Å². The van der Waals surface area contributed by atoms with E-state index >= 15 is 0 Å². The van der Waals surface area contributed by atoms with Crippen molar-refractivity contribution < 1.29 is 20.3 Å². The highest BCUT2D eigenvalue weighted by Crippen LogP contribution is 2.31. The topological polar surface area (TPSA) is 58.9 Å². The summed E-state index contributed by atoms with van der Waals surface area (Å²) in [4.78, 5) is 8.28. The molecule has 0 aliphatic rings. The van der Waals surface area contributed by atoms with Crippen LogP contribution in [0.2, 0.25) is 0 Å². The third kappa shape index (κ3) is 9.70. The molecule has 0 aliphatic carbocycles. The van der Waals surface area contributed by atoms with Crippen molar-refractivity contribution in [1.29, 1.82) is 0 Å². The van der Waals surface area contributed by atoms with E-state index in [1.165, 1.54) is 32.6 Å². The van der Waals surface area contributed by atoms with Crippen LogP contribution in [0.25, 0.3) is 0 Å². The van der Waals surface area contributed by atoms with E-state index in [1.807, 2.05) is 0 Å². The second-order valence-corrected chi connectivity index (χ2v) is 7.33. The van der Waals surface area contributed by atoms with Gasteiger partial charge in [-0.3, -0.25) is 0 Å². The van der Waals surface area contributed by atoms with Crippen LogP contribution in [-0.2, 0) is 9.78 Å². The maximum absolute atomic E-state index is 8.63. The SMILES string of the molecule is CC(C)CCCC(C)(C)CCCCCC(C)(OO)OO. The first-order valence-corrected chi connectivity index (χ1v) is 7.90. The number of unbranched alkanes of at least 4 members (excludes halogenated alkanes) is 2. The van der Waals surface area contributed by atoms with Gasteiger partial charge in [0.05, 0.1) is 0 Å². The molecule has 20 heavy (non-hydrogen) atoms. The van der Waals surface area contributed by atoms with Gasteiger partial charge in [0.15, 0.2) is 0 Å². The average Bonchev–Trinajstić information content (AvgIpc) is 2.37. The highest BCUT2D eigenvalue weighted by Gasteiger charge is 2.26. The van der Waals surface area contributed by atoms with Gasteiger partial charge in [0.25, 0.3) is 0 Å². The minimum absolute atomic E-state index is 0.402. The third-order valence-electron chi connectivity index (χ3n) is 4.01. The van der Waals surface area contributed by atoms with Crippen molar-refractivity contribution in [2.45, 2.75) is 91.8 Å². The van der Waals surface area contributed by atoms with Crippen LogP contribution >= 0.6 is 0 Å². The first kappa shape index (κ1) is 19.8. The van der Waals surface area contributed by atoms with Gasteiger partial charge in [-0.1, -0.05) is 53.4 Å². The van der Waals surface area contributed by atoms with Crippen molar-refractivity contribution in [2.75, 3.05) is 0 Å². The van der Waals surface area contributed by atoms with Crippen LogP contribution in [0.15, 0.2) is 0 Å². The van der Waals surface area contributed by atoms with Gasteiger partial charge in [0.1, 0.15) is 0 Å². The summed E-state index contributed by atoms with van der Waals surface area (Å²) in [6.45, 7) is 10.7. The van der Waals surface area contributed by atoms with Gasteiger partial charge in [0, 0.05) is 6.42 Å². The van der Waals surface area contributed by atoms with Gasteiger partial charge in [-0.25, -0.2) is 20.3 Å². The summed E-state index contributed by atoms with van der Waals surface area (Å²) in [5.74, 6) is -0.493. The van der Waals surface area contributed by atoms with E-state index in [1.54, 1.807) is 0 Å². The normalized spacial score (nSPS) is 13.2. The van der Waals surface area contributed by atoms with Crippen molar-refractivity contribution in [1.82, 2.24) is 0 Å². The molecule has 2 N–H and O–H groups in total. The van der Waals surface area contributed by atoms with Gasteiger partial charge < -0.3 is 0 Å². The summed E-state index contributed by atoms with van der Waals surface area (Å²) >= 11 is 0. The molecule has 0 spiro atoms. The number of hydrogen-bond donors (Lipinski definition) is 2. The maximum Gasteiger partial charge on any atom is 0.230 e. The van der Waals surface area contributed by atoms with Crippen LogP contribution in [0.3, 0.4) is 0 Å². The minimum Gasteiger partial charge on any atom is -0.249 e. The largest absolute Gasteiger partial charge is 0.249 e. The molecule has 0 heterocycles. The maximum atomic E-state index is 8.63. The van der Waals surface area contributed by atoms with Crippen LogP contribution in [-0.4, -0.2) is 16.3 Å². The standard InChI is InChI=1S/C16H34O4/c1-14(2)10-9-12-15(3,4)11-7-6-8-13-16(5,19-17)20-18/h14,17-18H,6-13H2,1-5H3. The van der Waals surface area contributed by atoms with E-state index in [2.05, 4.69) is 37.5 Å². The number of rotatable bonds is 12. The monoisotopic (exact) mass is 290 g/mol. The Morgan fingerprint density at radius 2 is 1.30 bits per heavy atom. The zero-order valence-corrected chi connectivity index (χ0v) is 13.9. The predicted octanol–water partition coefficient (Wildman–Crippen LogP) is 5.48. The quantitative estimate of drug-likeness (QED) is 0.216. The summed E-state index contributed by atoms with van der Waals surface area (Å²) in [6.07, 6.45) is 8.65. The van der Waals surface area contributed by atoms with Crippen LogP contribution in [0.5, 0.6) is 0 Å².